The maximum atomic E-state index is 10.7. The minimum atomic E-state index is -1.01. The molecule has 0 saturated carbocycles. The highest BCUT2D eigenvalue weighted by Crippen LogP contribution is 2.23. The minimum absolute atomic E-state index is 0.198. The molecule has 0 aliphatic heterocycles. The van der Waals surface area contributed by atoms with Gasteiger partial charge in [-0.2, -0.15) is 0 Å². The molecule has 0 aliphatic rings. The van der Waals surface area contributed by atoms with Crippen molar-refractivity contribution in [3.8, 4) is 17.2 Å². The molecule has 0 spiro atoms. The number of nitrogens with zero attached hydrogens (tertiary/aromatic N) is 2. The number of carbonyl (C=O) groups is 1. The van der Waals surface area contributed by atoms with Crippen molar-refractivity contribution in [2.75, 3.05) is 6.61 Å². The highest BCUT2D eigenvalue weighted by Gasteiger charge is 2.13. The molecule has 3 rings (SSSR count). The van der Waals surface area contributed by atoms with E-state index in [4.69, 9.17) is 19.1 Å². The van der Waals surface area contributed by atoms with Gasteiger partial charge in [-0.05, 0) is 68.7 Å². The summed E-state index contributed by atoms with van der Waals surface area (Å²) in [6.07, 6.45) is 0.668. The molecule has 31 heavy (non-hydrogen) atoms. The number of aromatic nitrogens is 1. The Bertz CT molecular complexity index is 1080. The largest absolute Gasteiger partial charge is 0.482 e. The number of rotatable bonds is 9. The van der Waals surface area contributed by atoms with Crippen LogP contribution in [0, 0.1) is 20.8 Å². The first-order chi connectivity index (χ1) is 14.9. The smallest absolute Gasteiger partial charge is 0.341 e. The first-order valence-corrected chi connectivity index (χ1v) is 10.0. The number of carboxylic acids is 1. The zero-order chi connectivity index (χ0) is 22.4. The van der Waals surface area contributed by atoms with Crippen LogP contribution in [0.3, 0.4) is 0 Å². The Balaban J connectivity index is 1.68. The molecular weight excluding hydrogens is 396 g/mol. The quantitative estimate of drug-likeness (QED) is 0.383. The van der Waals surface area contributed by atoms with Crippen molar-refractivity contribution in [2.45, 2.75) is 40.7 Å². The lowest BCUT2D eigenvalue weighted by atomic mass is 10.0. The van der Waals surface area contributed by atoms with Crippen molar-refractivity contribution in [2.24, 2.45) is 5.16 Å². The van der Waals surface area contributed by atoms with Crippen molar-refractivity contribution in [1.29, 1.82) is 0 Å². The summed E-state index contributed by atoms with van der Waals surface area (Å²) in [6, 6.07) is 13.5. The summed E-state index contributed by atoms with van der Waals surface area (Å²) in [4.78, 5) is 20.8. The topological polar surface area (TPSA) is 94.2 Å². The van der Waals surface area contributed by atoms with Gasteiger partial charge in [0.05, 0.1) is 5.71 Å². The summed E-state index contributed by atoms with van der Waals surface area (Å²) in [5.41, 5.74) is 5.28. The lowest BCUT2D eigenvalue weighted by Crippen LogP contribution is -2.10. The van der Waals surface area contributed by atoms with Gasteiger partial charge in [-0.15, -0.1) is 0 Å². The molecule has 0 radical (unpaired) electrons. The van der Waals surface area contributed by atoms with E-state index >= 15 is 0 Å². The van der Waals surface area contributed by atoms with E-state index < -0.39 is 5.97 Å². The Morgan fingerprint density at radius 1 is 1.13 bits per heavy atom. The van der Waals surface area contributed by atoms with Gasteiger partial charge in [-0.25, -0.2) is 9.78 Å². The van der Waals surface area contributed by atoms with E-state index in [0.717, 1.165) is 22.4 Å². The SMILES string of the molecule is CC/C(=N\OCc1nc(-c2ccc(C)cc2)oc1C)c1ccc(OCC(=O)O)c(C)c1. The molecule has 0 fully saturated rings. The standard InChI is InChI=1S/C24H26N2O5/c1-5-20(19-10-11-22(16(3)12-19)29-14-23(27)28)26-30-13-21-17(4)31-24(25-21)18-8-6-15(2)7-9-18/h6-12H,5,13-14H2,1-4H3,(H,27,28)/b26-20+. The van der Waals surface area contributed by atoms with Crippen LogP contribution in [0.15, 0.2) is 52.0 Å². The van der Waals surface area contributed by atoms with Crippen LogP contribution in [0.25, 0.3) is 11.5 Å². The van der Waals surface area contributed by atoms with Crippen molar-refractivity contribution in [1.82, 2.24) is 4.98 Å². The first kappa shape index (κ1) is 22.1. The van der Waals surface area contributed by atoms with Crippen LogP contribution in [-0.2, 0) is 16.2 Å². The maximum absolute atomic E-state index is 10.7. The summed E-state index contributed by atoms with van der Waals surface area (Å²) >= 11 is 0. The van der Waals surface area contributed by atoms with Crippen LogP contribution < -0.4 is 4.74 Å². The van der Waals surface area contributed by atoms with E-state index in [1.165, 1.54) is 5.56 Å². The van der Waals surface area contributed by atoms with Gasteiger partial charge in [0.1, 0.15) is 17.2 Å². The molecule has 1 heterocycles. The van der Waals surface area contributed by atoms with Crippen molar-refractivity contribution < 1.29 is 23.9 Å². The first-order valence-electron chi connectivity index (χ1n) is 10.0. The number of benzene rings is 2. The number of hydrogen-bond donors (Lipinski definition) is 1. The summed E-state index contributed by atoms with van der Waals surface area (Å²) < 4.78 is 11.1. The number of hydrogen-bond acceptors (Lipinski definition) is 6. The minimum Gasteiger partial charge on any atom is -0.482 e. The van der Waals surface area contributed by atoms with Crippen LogP contribution in [0.1, 0.15) is 41.5 Å². The predicted molar refractivity (Wildman–Crippen MR) is 117 cm³/mol. The average Bonchev–Trinajstić information content (AvgIpc) is 3.11. The van der Waals surface area contributed by atoms with Gasteiger partial charge in [0.25, 0.3) is 0 Å². The number of carboxylic acid groups (broad SMARTS) is 1. The molecule has 2 aromatic carbocycles. The fraction of sp³-hybridized carbons (Fsp3) is 0.292. The average molecular weight is 422 g/mol. The van der Waals surface area contributed by atoms with Crippen LogP contribution in [0.5, 0.6) is 5.75 Å². The molecule has 1 N–H and O–H groups in total. The van der Waals surface area contributed by atoms with E-state index in [-0.39, 0.29) is 13.2 Å². The molecule has 0 amide bonds. The number of aryl methyl sites for hydroxylation is 3. The molecule has 0 atom stereocenters. The van der Waals surface area contributed by atoms with Gasteiger partial charge in [0.15, 0.2) is 13.2 Å². The van der Waals surface area contributed by atoms with Gasteiger partial charge in [0.2, 0.25) is 5.89 Å². The van der Waals surface area contributed by atoms with Gasteiger partial charge < -0.3 is 19.1 Å². The lowest BCUT2D eigenvalue weighted by Gasteiger charge is -2.10. The second-order valence-electron chi connectivity index (χ2n) is 7.22. The molecule has 7 nitrogen and oxygen atoms in total. The van der Waals surface area contributed by atoms with Gasteiger partial charge in [-0.3, -0.25) is 0 Å². The third-order valence-electron chi connectivity index (χ3n) is 4.76. The molecule has 0 bridgehead atoms. The van der Waals surface area contributed by atoms with E-state index in [9.17, 15) is 4.79 Å². The Morgan fingerprint density at radius 3 is 2.52 bits per heavy atom. The van der Waals surface area contributed by atoms with E-state index in [2.05, 4.69) is 10.1 Å². The van der Waals surface area contributed by atoms with Crippen LogP contribution >= 0.6 is 0 Å². The monoisotopic (exact) mass is 422 g/mol. The van der Waals surface area contributed by atoms with Gasteiger partial charge in [-0.1, -0.05) is 29.8 Å². The summed E-state index contributed by atoms with van der Waals surface area (Å²) in [7, 11) is 0. The predicted octanol–water partition coefficient (Wildman–Crippen LogP) is 5.06. The number of oxazole rings is 1. The Labute approximate surface area is 181 Å². The van der Waals surface area contributed by atoms with Crippen molar-refractivity contribution in [3.05, 3.63) is 70.6 Å². The molecule has 162 valence electrons. The normalized spacial score (nSPS) is 11.4. The Hall–Kier alpha value is -3.61. The zero-order valence-electron chi connectivity index (χ0n) is 18.1. The molecule has 0 aliphatic carbocycles. The summed E-state index contributed by atoms with van der Waals surface area (Å²) in [6.45, 7) is 7.56. The molecule has 0 saturated heterocycles. The van der Waals surface area contributed by atoms with Gasteiger partial charge in [0, 0.05) is 5.56 Å². The van der Waals surface area contributed by atoms with E-state index in [1.807, 2.05) is 64.1 Å². The number of oxime groups is 1. The zero-order valence-corrected chi connectivity index (χ0v) is 18.1. The second-order valence-corrected chi connectivity index (χ2v) is 7.22. The number of aliphatic carboxylic acids is 1. The number of ether oxygens (including phenoxy) is 1. The summed E-state index contributed by atoms with van der Waals surface area (Å²) in [5.74, 6) is 0.772. The molecule has 3 aromatic rings. The third kappa shape index (κ3) is 5.72. The second kappa shape index (κ2) is 9.93. The molecular formula is C24H26N2O5. The Morgan fingerprint density at radius 2 is 1.87 bits per heavy atom. The van der Waals surface area contributed by atoms with Crippen molar-refractivity contribution in [3.63, 3.8) is 0 Å². The van der Waals surface area contributed by atoms with Crippen LogP contribution in [0.2, 0.25) is 0 Å². The van der Waals surface area contributed by atoms with Crippen LogP contribution in [0.4, 0.5) is 0 Å². The van der Waals surface area contributed by atoms with E-state index in [0.29, 0.717) is 29.5 Å². The fourth-order valence-corrected chi connectivity index (χ4v) is 3.00. The third-order valence-corrected chi connectivity index (χ3v) is 4.76. The molecule has 0 unspecified atom stereocenters. The maximum Gasteiger partial charge on any atom is 0.341 e. The molecule has 7 heteroatoms. The molecule has 1 aromatic heterocycles. The van der Waals surface area contributed by atoms with Gasteiger partial charge >= 0.3 is 5.97 Å². The highest BCUT2D eigenvalue weighted by molar-refractivity contribution is 6.00. The van der Waals surface area contributed by atoms with Crippen LogP contribution in [-0.4, -0.2) is 28.4 Å². The Kier molecular flexibility index (Phi) is 7.07. The van der Waals surface area contributed by atoms with E-state index in [1.54, 1.807) is 6.07 Å². The summed E-state index contributed by atoms with van der Waals surface area (Å²) in [5, 5.41) is 13.0. The fourth-order valence-electron chi connectivity index (χ4n) is 3.00. The van der Waals surface area contributed by atoms with Crippen molar-refractivity contribution >= 4 is 11.7 Å². The highest BCUT2D eigenvalue weighted by atomic mass is 16.6. The lowest BCUT2D eigenvalue weighted by molar-refractivity contribution is -0.139.